The number of fused-ring (bicyclic) bond motifs is 1. The highest BCUT2D eigenvalue weighted by atomic mass is 16.2. The van der Waals surface area contributed by atoms with Gasteiger partial charge in [0.15, 0.2) is 0 Å². The number of hydrogen-bond acceptors (Lipinski definition) is 3. The molecule has 0 saturated carbocycles. The molecule has 4 amide bonds. The van der Waals surface area contributed by atoms with Crippen LogP contribution in [0.2, 0.25) is 0 Å². The molecule has 1 aliphatic carbocycles. The fraction of sp³-hybridized carbons (Fsp3) is 0.318. The molecule has 28 heavy (non-hydrogen) atoms. The Bertz CT molecular complexity index is 928. The second-order valence-corrected chi connectivity index (χ2v) is 7.58. The van der Waals surface area contributed by atoms with Gasteiger partial charge in [0.05, 0.1) is 0 Å². The summed E-state index contributed by atoms with van der Waals surface area (Å²) in [5.74, 6) is -0.561. The van der Waals surface area contributed by atoms with E-state index in [1.807, 2.05) is 48.5 Å². The standard InChI is InChI=1S/C22H23N3O3/c1-24(14-16-7-3-2-4-8-16)19(26)15-25-20(27)22(23-21(25)28)12-11-17-9-5-6-10-18(17)13-22/h2-10H,11-15H2,1H3,(H,23,28). The molecule has 144 valence electrons. The Hall–Kier alpha value is -3.15. The third kappa shape index (κ3) is 3.26. The first kappa shape index (κ1) is 18.2. The van der Waals surface area contributed by atoms with Crippen molar-refractivity contribution in [1.29, 1.82) is 0 Å². The van der Waals surface area contributed by atoms with Gasteiger partial charge in [-0.2, -0.15) is 0 Å². The molecule has 0 bridgehead atoms. The van der Waals surface area contributed by atoms with Gasteiger partial charge in [0.25, 0.3) is 5.91 Å². The molecule has 2 aromatic rings. The maximum Gasteiger partial charge on any atom is 0.325 e. The Balaban J connectivity index is 1.45. The minimum atomic E-state index is -0.927. The van der Waals surface area contributed by atoms with Crippen molar-refractivity contribution in [2.45, 2.75) is 31.3 Å². The number of aryl methyl sites for hydroxylation is 1. The first-order chi connectivity index (χ1) is 13.5. The number of urea groups is 1. The number of carbonyl (C=O) groups is 3. The molecule has 1 aliphatic heterocycles. The van der Waals surface area contributed by atoms with Crippen LogP contribution in [0.3, 0.4) is 0 Å². The summed E-state index contributed by atoms with van der Waals surface area (Å²) in [7, 11) is 1.68. The average molecular weight is 377 g/mol. The number of rotatable bonds is 4. The van der Waals surface area contributed by atoms with Crippen LogP contribution in [-0.4, -0.2) is 46.8 Å². The lowest BCUT2D eigenvalue weighted by atomic mass is 9.78. The van der Waals surface area contributed by atoms with Gasteiger partial charge in [-0.1, -0.05) is 54.6 Å². The van der Waals surface area contributed by atoms with E-state index in [1.165, 1.54) is 10.5 Å². The van der Waals surface area contributed by atoms with Crippen LogP contribution in [0.25, 0.3) is 0 Å². The van der Waals surface area contributed by atoms with Crippen LogP contribution in [-0.2, 0) is 29.0 Å². The SMILES string of the molecule is CN(Cc1ccccc1)C(=O)CN1C(=O)NC2(CCc3ccccc3C2)C1=O. The van der Waals surface area contributed by atoms with Crippen LogP contribution in [0.5, 0.6) is 0 Å². The third-order valence-electron chi connectivity index (χ3n) is 5.66. The predicted octanol–water partition coefficient (Wildman–Crippen LogP) is 2.12. The molecule has 6 heteroatoms. The molecule has 1 heterocycles. The fourth-order valence-electron chi connectivity index (χ4n) is 4.05. The summed E-state index contributed by atoms with van der Waals surface area (Å²) >= 11 is 0. The lowest BCUT2D eigenvalue weighted by Crippen LogP contribution is -2.51. The van der Waals surface area contributed by atoms with Gasteiger partial charge in [0.1, 0.15) is 12.1 Å². The average Bonchev–Trinajstić information content (AvgIpc) is 2.92. The van der Waals surface area contributed by atoms with Gasteiger partial charge in [-0.05, 0) is 29.5 Å². The molecule has 1 saturated heterocycles. The molecule has 2 aliphatic rings. The molecule has 1 spiro atoms. The summed E-state index contributed by atoms with van der Waals surface area (Å²) in [6, 6.07) is 17.1. The number of nitrogens with zero attached hydrogens (tertiary/aromatic N) is 2. The second-order valence-electron chi connectivity index (χ2n) is 7.58. The van der Waals surface area contributed by atoms with Gasteiger partial charge >= 0.3 is 6.03 Å². The van der Waals surface area contributed by atoms with Gasteiger partial charge < -0.3 is 10.2 Å². The van der Waals surface area contributed by atoms with E-state index >= 15 is 0 Å². The first-order valence-electron chi connectivity index (χ1n) is 9.47. The third-order valence-corrected chi connectivity index (χ3v) is 5.66. The van der Waals surface area contributed by atoms with Crippen molar-refractivity contribution in [3.05, 3.63) is 71.3 Å². The van der Waals surface area contributed by atoms with E-state index in [9.17, 15) is 14.4 Å². The van der Waals surface area contributed by atoms with Crippen molar-refractivity contribution in [2.24, 2.45) is 0 Å². The summed E-state index contributed by atoms with van der Waals surface area (Å²) in [5, 5.41) is 2.87. The van der Waals surface area contributed by atoms with Gasteiger partial charge in [-0.15, -0.1) is 0 Å². The van der Waals surface area contributed by atoms with Crippen LogP contribution >= 0.6 is 0 Å². The molecule has 6 nitrogen and oxygen atoms in total. The molecule has 0 aromatic heterocycles. The van der Waals surface area contributed by atoms with E-state index in [0.29, 0.717) is 19.4 Å². The molecule has 1 unspecified atom stereocenters. The van der Waals surface area contributed by atoms with Crippen molar-refractivity contribution >= 4 is 17.8 Å². The smallest absolute Gasteiger partial charge is 0.325 e. The van der Waals surface area contributed by atoms with Gasteiger partial charge in [0.2, 0.25) is 5.91 Å². The maximum atomic E-state index is 13.1. The maximum absolute atomic E-state index is 13.1. The van der Waals surface area contributed by atoms with E-state index in [-0.39, 0.29) is 18.4 Å². The molecule has 2 aromatic carbocycles. The number of imide groups is 1. The number of likely N-dealkylation sites (N-methyl/N-ethyl adjacent to an activating group) is 1. The predicted molar refractivity (Wildman–Crippen MR) is 104 cm³/mol. The lowest BCUT2D eigenvalue weighted by Gasteiger charge is -2.32. The Morgan fingerprint density at radius 3 is 2.50 bits per heavy atom. The van der Waals surface area contributed by atoms with Crippen molar-refractivity contribution in [2.75, 3.05) is 13.6 Å². The minimum absolute atomic E-state index is 0.239. The van der Waals surface area contributed by atoms with Crippen LogP contribution in [0.1, 0.15) is 23.1 Å². The zero-order valence-corrected chi connectivity index (χ0v) is 15.9. The summed E-state index contributed by atoms with van der Waals surface area (Å²) in [5.41, 5.74) is 2.36. The van der Waals surface area contributed by atoms with Crippen molar-refractivity contribution < 1.29 is 14.4 Å². The monoisotopic (exact) mass is 377 g/mol. The molecule has 1 atom stereocenters. The second kappa shape index (κ2) is 7.11. The first-order valence-corrected chi connectivity index (χ1v) is 9.47. The summed E-state index contributed by atoms with van der Waals surface area (Å²) in [6.45, 7) is 0.194. The van der Waals surface area contributed by atoms with E-state index in [2.05, 4.69) is 11.4 Å². The molecular formula is C22H23N3O3. The zero-order valence-electron chi connectivity index (χ0n) is 15.9. The largest absolute Gasteiger partial charge is 0.340 e. The van der Waals surface area contributed by atoms with Crippen molar-refractivity contribution in [1.82, 2.24) is 15.1 Å². The number of nitrogens with one attached hydrogen (secondary N) is 1. The Morgan fingerprint density at radius 1 is 1.07 bits per heavy atom. The van der Waals surface area contributed by atoms with Crippen LogP contribution in [0.15, 0.2) is 54.6 Å². The number of amides is 4. The van der Waals surface area contributed by atoms with Gasteiger partial charge in [-0.25, -0.2) is 4.79 Å². The molecule has 4 rings (SSSR count). The lowest BCUT2D eigenvalue weighted by molar-refractivity contribution is -0.138. The zero-order chi connectivity index (χ0) is 19.7. The van der Waals surface area contributed by atoms with E-state index < -0.39 is 11.6 Å². The van der Waals surface area contributed by atoms with Crippen LogP contribution in [0, 0.1) is 0 Å². The Kier molecular flexibility index (Phi) is 4.63. The topological polar surface area (TPSA) is 69.7 Å². The quantitative estimate of drug-likeness (QED) is 0.830. The highest BCUT2D eigenvalue weighted by molar-refractivity contribution is 6.09. The molecule has 0 radical (unpaired) electrons. The number of hydrogen-bond donors (Lipinski definition) is 1. The van der Waals surface area contributed by atoms with E-state index in [4.69, 9.17) is 0 Å². The van der Waals surface area contributed by atoms with Crippen molar-refractivity contribution in [3.63, 3.8) is 0 Å². The Labute approximate surface area is 164 Å². The fourth-order valence-corrected chi connectivity index (χ4v) is 4.05. The number of benzene rings is 2. The van der Waals surface area contributed by atoms with E-state index in [0.717, 1.165) is 22.4 Å². The molecule has 1 N–H and O–H groups in total. The normalized spacial score (nSPS) is 20.8. The van der Waals surface area contributed by atoms with E-state index in [1.54, 1.807) is 7.05 Å². The number of carbonyl (C=O) groups excluding carboxylic acids is 3. The minimum Gasteiger partial charge on any atom is -0.340 e. The van der Waals surface area contributed by atoms with Gasteiger partial charge in [-0.3, -0.25) is 14.5 Å². The summed E-state index contributed by atoms with van der Waals surface area (Å²) in [6.07, 6.45) is 1.76. The molecule has 1 fully saturated rings. The Morgan fingerprint density at radius 2 is 1.75 bits per heavy atom. The van der Waals surface area contributed by atoms with Crippen molar-refractivity contribution in [3.8, 4) is 0 Å². The summed E-state index contributed by atoms with van der Waals surface area (Å²) < 4.78 is 0. The van der Waals surface area contributed by atoms with Gasteiger partial charge in [0, 0.05) is 20.0 Å². The van der Waals surface area contributed by atoms with Crippen LogP contribution in [0.4, 0.5) is 4.79 Å². The summed E-state index contributed by atoms with van der Waals surface area (Å²) in [4.78, 5) is 40.8. The molecular weight excluding hydrogens is 354 g/mol. The van der Waals surface area contributed by atoms with Crippen LogP contribution < -0.4 is 5.32 Å². The highest BCUT2D eigenvalue weighted by Gasteiger charge is 2.52. The highest BCUT2D eigenvalue weighted by Crippen LogP contribution is 2.33.